The first-order chi connectivity index (χ1) is 13.9. The number of hydrogen-bond donors (Lipinski definition) is 2. The quantitative estimate of drug-likeness (QED) is 0.424. The molecule has 8 nitrogen and oxygen atoms in total. The van der Waals surface area contributed by atoms with E-state index in [0.29, 0.717) is 30.4 Å². The van der Waals surface area contributed by atoms with E-state index in [1.54, 1.807) is 0 Å². The van der Waals surface area contributed by atoms with Gasteiger partial charge in [-0.25, -0.2) is 0 Å². The fourth-order valence-electron chi connectivity index (χ4n) is 2.72. The number of primary amides is 1. The van der Waals surface area contributed by atoms with Gasteiger partial charge < -0.3 is 20.5 Å². The minimum absolute atomic E-state index is 0.0857. The third-order valence-electron chi connectivity index (χ3n) is 4.24. The Kier molecular flexibility index (Phi) is 7.82. The second kappa shape index (κ2) is 10.3. The summed E-state index contributed by atoms with van der Waals surface area (Å²) in [6.07, 6.45) is 1.75. The Morgan fingerprint density at radius 2 is 1.76 bits per heavy atom. The van der Waals surface area contributed by atoms with E-state index in [2.05, 4.69) is 5.32 Å². The Bertz CT molecular complexity index is 869. The summed E-state index contributed by atoms with van der Waals surface area (Å²) in [6, 6.07) is 9.49. The molecule has 3 N–H and O–H groups in total. The second-order valence-electron chi connectivity index (χ2n) is 6.62. The number of rotatable bonds is 11. The van der Waals surface area contributed by atoms with Gasteiger partial charge in [0.1, 0.15) is 5.69 Å². The van der Waals surface area contributed by atoms with Gasteiger partial charge in [0.2, 0.25) is 5.91 Å². The average molecular weight is 401 g/mol. The summed E-state index contributed by atoms with van der Waals surface area (Å²) in [6.45, 7) is 7.10. The highest BCUT2D eigenvalue weighted by Crippen LogP contribution is 2.34. The molecule has 0 aliphatic heterocycles. The van der Waals surface area contributed by atoms with Crippen LogP contribution in [0.15, 0.2) is 36.4 Å². The van der Waals surface area contributed by atoms with Crippen molar-refractivity contribution < 1.29 is 19.2 Å². The lowest BCUT2D eigenvalue weighted by molar-refractivity contribution is -0.384. The number of carbonyl (C=O) groups excluding carboxylic acids is 1. The normalized spacial score (nSPS) is 11.6. The molecule has 2 rings (SSSR count). The molecule has 0 saturated heterocycles. The second-order valence-corrected chi connectivity index (χ2v) is 6.62. The first-order valence-electron chi connectivity index (χ1n) is 9.61. The molecular formula is C21H27N3O5. The van der Waals surface area contributed by atoms with Crippen molar-refractivity contribution in [2.24, 2.45) is 5.73 Å². The minimum Gasteiger partial charge on any atom is -0.490 e. The van der Waals surface area contributed by atoms with Crippen LogP contribution in [0.5, 0.6) is 11.5 Å². The zero-order valence-corrected chi connectivity index (χ0v) is 16.9. The predicted molar refractivity (Wildman–Crippen MR) is 112 cm³/mol. The Morgan fingerprint density at radius 3 is 2.34 bits per heavy atom. The van der Waals surface area contributed by atoms with Gasteiger partial charge in [0, 0.05) is 17.7 Å². The summed E-state index contributed by atoms with van der Waals surface area (Å²) in [5.74, 6) is 0.603. The van der Waals surface area contributed by atoms with Crippen molar-refractivity contribution in [3.63, 3.8) is 0 Å². The number of benzene rings is 2. The third-order valence-corrected chi connectivity index (χ3v) is 4.24. The van der Waals surface area contributed by atoms with Gasteiger partial charge in [-0.3, -0.25) is 14.9 Å². The van der Waals surface area contributed by atoms with E-state index >= 15 is 0 Å². The number of nitro benzene ring substituents is 1. The SMILES string of the molecule is CCCOc1ccc(C(C)Nc2ccc(C(N)=O)cc2[N+](=O)[O-])cc1OCCC. The highest BCUT2D eigenvalue weighted by Gasteiger charge is 2.19. The van der Waals surface area contributed by atoms with Crippen LogP contribution < -0.4 is 20.5 Å². The van der Waals surface area contributed by atoms with Crippen LogP contribution in [-0.4, -0.2) is 24.0 Å². The number of nitro groups is 1. The molecule has 1 amide bonds. The van der Waals surface area contributed by atoms with Crippen LogP contribution in [0, 0.1) is 10.1 Å². The zero-order chi connectivity index (χ0) is 21.4. The lowest BCUT2D eigenvalue weighted by Crippen LogP contribution is -2.13. The number of anilines is 1. The Labute approximate surface area is 170 Å². The van der Waals surface area contributed by atoms with Gasteiger partial charge in [0.05, 0.1) is 18.1 Å². The molecule has 0 fully saturated rings. The van der Waals surface area contributed by atoms with E-state index in [-0.39, 0.29) is 17.3 Å². The topological polar surface area (TPSA) is 117 Å². The number of carbonyl (C=O) groups is 1. The smallest absolute Gasteiger partial charge is 0.293 e. The maximum absolute atomic E-state index is 11.4. The fourth-order valence-corrected chi connectivity index (χ4v) is 2.72. The van der Waals surface area contributed by atoms with Crippen molar-refractivity contribution in [3.05, 3.63) is 57.6 Å². The highest BCUT2D eigenvalue weighted by atomic mass is 16.6. The summed E-state index contributed by atoms with van der Waals surface area (Å²) < 4.78 is 11.6. The lowest BCUT2D eigenvalue weighted by atomic mass is 10.1. The molecule has 0 bridgehead atoms. The number of ether oxygens (including phenoxy) is 2. The number of nitrogens with two attached hydrogens (primary N) is 1. The van der Waals surface area contributed by atoms with E-state index in [9.17, 15) is 14.9 Å². The largest absolute Gasteiger partial charge is 0.490 e. The van der Waals surface area contributed by atoms with Crippen LogP contribution in [0.1, 0.15) is 55.6 Å². The van der Waals surface area contributed by atoms with Crippen LogP contribution in [0.25, 0.3) is 0 Å². The molecule has 8 heteroatoms. The van der Waals surface area contributed by atoms with Gasteiger partial charge in [-0.2, -0.15) is 0 Å². The van der Waals surface area contributed by atoms with Crippen LogP contribution in [0.2, 0.25) is 0 Å². The molecule has 0 saturated carbocycles. The van der Waals surface area contributed by atoms with Crippen LogP contribution in [-0.2, 0) is 0 Å². The summed E-state index contributed by atoms with van der Waals surface area (Å²) >= 11 is 0. The van der Waals surface area contributed by atoms with Gasteiger partial charge in [0.25, 0.3) is 5.69 Å². The first-order valence-corrected chi connectivity index (χ1v) is 9.61. The Morgan fingerprint density at radius 1 is 1.10 bits per heavy atom. The molecule has 2 aromatic carbocycles. The Hall–Kier alpha value is -3.29. The molecule has 1 unspecified atom stereocenters. The van der Waals surface area contributed by atoms with E-state index in [4.69, 9.17) is 15.2 Å². The summed E-state index contributed by atoms with van der Waals surface area (Å²) in [5, 5.41) is 14.5. The number of nitrogens with zero attached hydrogens (tertiary/aromatic N) is 1. The van der Waals surface area contributed by atoms with Gasteiger partial charge in [-0.05, 0) is 49.6 Å². The molecule has 156 valence electrons. The zero-order valence-electron chi connectivity index (χ0n) is 16.9. The monoisotopic (exact) mass is 401 g/mol. The molecule has 0 heterocycles. The van der Waals surface area contributed by atoms with Gasteiger partial charge in [-0.1, -0.05) is 19.9 Å². The molecule has 0 aromatic heterocycles. The van der Waals surface area contributed by atoms with E-state index in [1.165, 1.54) is 18.2 Å². The first kappa shape index (κ1) is 22.0. The molecule has 0 aliphatic rings. The van der Waals surface area contributed by atoms with Crippen molar-refractivity contribution in [1.82, 2.24) is 0 Å². The number of amides is 1. The van der Waals surface area contributed by atoms with Gasteiger partial charge >= 0.3 is 0 Å². The highest BCUT2D eigenvalue weighted by molar-refractivity contribution is 5.94. The van der Waals surface area contributed by atoms with Crippen molar-refractivity contribution in [2.45, 2.75) is 39.7 Å². The number of nitrogens with one attached hydrogen (secondary N) is 1. The fraction of sp³-hybridized carbons (Fsp3) is 0.381. The lowest BCUT2D eigenvalue weighted by Gasteiger charge is -2.19. The molecule has 2 aromatic rings. The summed E-state index contributed by atoms with van der Waals surface area (Å²) in [4.78, 5) is 22.2. The van der Waals surface area contributed by atoms with Crippen molar-refractivity contribution >= 4 is 17.3 Å². The standard InChI is InChI=1S/C21H27N3O5/c1-4-10-28-19-9-7-15(13-20(19)29-11-5-2)14(3)23-17-8-6-16(21(22)25)12-18(17)24(26)27/h6-9,12-14,23H,4-5,10-11H2,1-3H3,(H2,22,25). The average Bonchev–Trinajstić information content (AvgIpc) is 2.70. The van der Waals surface area contributed by atoms with E-state index < -0.39 is 10.8 Å². The minimum atomic E-state index is -0.715. The molecule has 0 aliphatic carbocycles. The van der Waals surface area contributed by atoms with E-state index in [0.717, 1.165) is 18.4 Å². The molecular weight excluding hydrogens is 374 g/mol. The van der Waals surface area contributed by atoms with Crippen molar-refractivity contribution in [3.8, 4) is 11.5 Å². The Balaban J connectivity index is 2.29. The van der Waals surface area contributed by atoms with Crippen LogP contribution >= 0.6 is 0 Å². The molecule has 0 spiro atoms. The van der Waals surface area contributed by atoms with Crippen molar-refractivity contribution in [1.29, 1.82) is 0 Å². The number of hydrogen-bond acceptors (Lipinski definition) is 6. The van der Waals surface area contributed by atoms with Crippen LogP contribution in [0.3, 0.4) is 0 Å². The van der Waals surface area contributed by atoms with Gasteiger partial charge in [-0.15, -0.1) is 0 Å². The van der Waals surface area contributed by atoms with Crippen LogP contribution in [0.4, 0.5) is 11.4 Å². The maximum Gasteiger partial charge on any atom is 0.293 e. The molecule has 0 radical (unpaired) electrons. The van der Waals surface area contributed by atoms with E-state index in [1.807, 2.05) is 39.0 Å². The molecule has 29 heavy (non-hydrogen) atoms. The molecule has 1 atom stereocenters. The summed E-state index contributed by atoms with van der Waals surface area (Å²) in [5.41, 5.74) is 6.28. The predicted octanol–water partition coefficient (Wildman–Crippen LogP) is 4.44. The van der Waals surface area contributed by atoms with Gasteiger partial charge in [0.15, 0.2) is 11.5 Å². The summed E-state index contributed by atoms with van der Waals surface area (Å²) in [7, 11) is 0. The third kappa shape index (κ3) is 5.84. The van der Waals surface area contributed by atoms with Crippen molar-refractivity contribution in [2.75, 3.05) is 18.5 Å². The maximum atomic E-state index is 11.4.